The molecule has 0 unspecified atom stereocenters. The van der Waals surface area contributed by atoms with Crippen molar-refractivity contribution in [2.45, 2.75) is 19.4 Å². The van der Waals surface area contributed by atoms with Crippen LogP contribution in [-0.4, -0.2) is 36.7 Å². The van der Waals surface area contributed by atoms with Crippen molar-refractivity contribution in [1.82, 2.24) is 0 Å². The molecule has 0 fully saturated rings. The summed E-state index contributed by atoms with van der Waals surface area (Å²) in [6, 6.07) is 8.72. The molecule has 0 aliphatic heterocycles. The quantitative estimate of drug-likeness (QED) is 0.517. The number of hydrogen-bond donors (Lipinski definition) is 0. The summed E-state index contributed by atoms with van der Waals surface area (Å²) in [5, 5.41) is 0. The largest absolute Gasteiger partial charge is 0.500 e. The van der Waals surface area contributed by atoms with Gasteiger partial charge in [-0.2, -0.15) is 0 Å². The lowest BCUT2D eigenvalue weighted by molar-refractivity contribution is 0.121. The summed E-state index contributed by atoms with van der Waals surface area (Å²) in [4.78, 5) is 0. The first-order chi connectivity index (χ1) is 9.71. The summed E-state index contributed by atoms with van der Waals surface area (Å²) in [6.07, 6.45) is 4.86. The molecular weight excluding hydrogens is 272 g/mol. The summed E-state index contributed by atoms with van der Waals surface area (Å²) in [6.45, 7) is 2.60. The van der Waals surface area contributed by atoms with Gasteiger partial charge in [-0.25, -0.2) is 0 Å². The lowest BCUT2D eigenvalue weighted by atomic mass is 10.2. The van der Waals surface area contributed by atoms with Gasteiger partial charge in [0.1, 0.15) is 5.75 Å². The SMILES string of the molecule is C/C=C\c1ccccc1OCCC[Si](OC)(OC)OC. The molecular formula is C15H24O4Si. The second-order valence-electron chi connectivity index (χ2n) is 4.29. The molecule has 0 amide bonds. The van der Waals surface area contributed by atoms with Gasteiger partial charge in [0.25, 0.3) is 0 Å². The van der Waals surface area contributed by atoms with Crippen LogP contribution in [0.4, 0.5) is 0 Å². The molecule has 0 aromatic heterocycles. The molecule has 0 aliphatic rings. The molecule has 0 radical (unpaired) electrons. The Hall–Kier alpha value is -1.14. The highest BCUT2D eigenvalue weighted by atomic mass is 28.4. The second kappa shape index (κ2) is 8.92. The number of para-hydroxylation sites is 1. The molecule has 0 bridgehead atoms. The van der Waals surface area contributed by atoms with Crippen LogP contribution in [0.5, 0.6) is 5.75 Å². The first-order valence-electron chi connectivity index (χ1n) is 6.71. The Labute approximate surface area is 122 Å². The Bertz CT molecular complexity index is 408. The van der Waals surface area contributed by atoms with Crippen LogP contribution in [0.3, 0.4) is 0 Å². The molecule has 0 spiro atoms. The molecule has 5 heteroatoms. The highest BCUT2D eigenvalue weighted by Crippen LogP contribution is 2.21. The zero-order chi connectivity index (χ0) is 14.8. The molecule has 1 rings (SSSR count). The third-order valence-electron chi connectivity index (χ3n) is 3.08. The summed E-state index contributed by atoms with van der Waals surface area (Å²) in [5.74, 6) is 0.894. The van der Waals surface area contributed by atoms with Crippen molar-refractivity contribution >= 4 is 14.9 Å². The highest BCUT2D eigenvalue weighted by Gasteiger charge is 2.36. The predicted molar refractivity (Wildman–Crippen MR) is 82.9 cm³/mol. The average molecular weight is 296 g/mol. The fourth-order valence-corrected chi connectivity index (χ4v) is 3.65. The van der Waals surface area contributed by atoms with Crippen molar-refractivity contribution in [3.8, 4) is 5.75 Å². The van der Waals surface area contributed by atoms with Crippen LogP contribution < -0.4 is 4.74 Å². The van der Waals surface area contributed by atoms with E-state index in [1.807, 2.05) is 43.3 Å². The Morgan fingerprint density at radius 2 is 1.70 bits per heavy atom. The summed E-state index contributed by atoms with van der Waals surface area (Å²) >= 11 is 0. The first-order valence-corrected chi connectivity index (χ1v) is 8.64. The Kier molecular flexibility index (Phi) is 7.54. The Balaban J connectivity index is 2.49. The number of hydrogen-bond acceptors (Lipinski definition) is 4. The van der Waals surface area contributed by atoms with Crippen LogP contribution in [0.25, 0.3) is 6.08 Å². The number of benzene rings is 1. The van der Waals surface area contributed by atoms with E-state index in [0.29, 0.717) is 6.61 Å². The van der Waals surface area contributed by atoms with E-state index in [9.17, 15) is 0 Å². The van der Waals surface area contributed by atoms with E-state index < -0.39 is 8.80 Å². The van der Waals surface area contributed by atoms with Crippen LogP contribution in [0.1, 0.15) is 18.9 Å². The fourth-order valence-electron chi connectivity index (χ4n) is 1.96. The molecule has 20 heavy (non-hydrogen) atoms. The zero-order valence-corrected chi connectivity index (χ0v) is 13.7. The average Bonchev–Trinajstić information content (AvgIpc) is 2.50. The number of ether oxygens (including phenoxy) is 1. The predicted octanol–water partition coefficient (Wildman–Crippen LogP) is 3.37. The van der Waals surface area contributed by atoms with Crippen molar-refractivity contribution in [3.63, 3.8) is 0 Å². The summed E-state index contributed by atoms with van der Waals surface area (Å²) in [5.41, 5.74) is 1.09. The van der Waals surface area contributed by atoms with Crippen LogP contribution in [0.2, 0.25) is 6.04 Å². The minimum atomic E-state index is -2.48. The number of rotatable bonds is 9. The van der Waals surface area contributed by atoms with Gasteiger partial charge in [0.2, 0.25) is 0 Å². The maximum atomic E-state index is 5.82. The molecule has 1 aromatic carbocycles. The van der Waals surface area contributed by atoms with Crippen molar-refractivity contribution in [1.29, 1.82) is 0 Å². The van der Waals surface area contributed by atoms with Gasteiger partial charge in [0.15, 0.2) is 0 Å². The molecule has 0 heterocycles. The van der Waals surface area contributed by atoms with E-state index in [0.717, 1.165) is 23.8 Å². The summed E-state index contributed by atoms with van der Waals surface area (Å²) < 4.78 is 22.0. The van der Waals surface area contributed by atoms with Crippen molar-refractivity contribution in [2.24, 2.45) is 0 Å². The van der Waals surface area contributed by atoms with E-state index in [1.165, 1.54) is 0 Å². The third kappa shape index (κ3) is 4.75. The van der Waals surface area contributed by atoms with Gasteiger partial charge in [0.05, 0.1) is 6.61 Å². The Morgan fingerprint density at radius 1 is 1.05 bits per heavy atom. The van der Waals surface area contributed by atoms with Gasteiger partial charge in [0, 0.05) is 32.9 Å². The van der Waals surface area contributed by atoms with E-state index in [4.69, 9.17) is 18.0 Å². The topological polar surface area (TPSA) is 36.9 Å². The van der Waals surface area contributed by atoms with E-state index in [1.54, 1.807) is 21.3 Å². The first kappa shape index (κ1) is 16.9. The van der Waals surface area contributed by atoms with Crippen molar-refractivity contribution < 1.29 is 18.0 Å². The molecule has 0 aliphatic carbocycles. The summed E-state index contributed by atoms with van der Waals surface area (Å²) in [7, 11) is 2.40. The van der Waals surface area contributed by atoms with Gasteiger partial charge in [-0.3, -0.25) is 0 Å². The van der Waals surface area contributed by atoms with Crippen LogP contribution >= 0.6 is 0 Å². The standard InChI is InChI=1S/C15H24O4Si/c1-5-9-14-10-6-7-11-15(14)19-12-8-13-20(16-2,17-3)18-4/h5-7,9-11H,8,12-13H2,1-4H3/b9-5-. The van der Waals surface area contributed by atoms with Crippen molar-refractivity contribution in [3.05, 3.63) is 35.9 Å². The molecule has 1 aromatic rings. The molecule has 112 valence electrons. The van der Waals surface area contributed by atoms with Gasteiger partial charge in [-0.1, -0.05) is 30.4 Å². The molecule has 0 atom stereocenters. The minimum Gasteiger partial charge on any atom is -0.493 e. The maximum Gasteiger partial charge on any atom is 0.500 e. The molecule has 4 nitrogen and oxygen atoms in total. The monoisotopic (exact) mass is 296 g/mol. The highest BCUT2D eigenvalue weighted by molar-refractivity contribution is 6.60. The van der Waals surface area contributed by atoms with Crippen LogP contribution in [-0.2, 0) is 13.3 Å². The van der Waals surface area contributed by atoms with Crippen LogP contribution in [0.15, 0.2) is 30.3 Å². The van der Waals surface area contributed by atoms with E-state index in [2.05, 4.69) is 0 Å². The minimum absolute atomic E-state index is 0.611. The third-order valence-corrected chi connectivity index (χ3v) is 5.92. The van der Waals surface area contributed by atoms with E-state index >= 15 is 0 Å². The van der Waals surface area contributed by atoms with Gasteiger partial charge >= 0.3 is 8.80 Å². The fraction of sp³-hybridized carbons (Fsp3) is 0.467. The smallest absolute Gasteiger partial charge is 0.493 e. The van der Waals surface area contributed by atoms with E-state index in [-0.39, 0.29) is 0 Å². The zero-order valence-electron chi connectivity index (χ0n) is 12.7. The maximum absolute atomic E-state index is 5.82. The Morgan fingerprint density at radius 3 is 2.30 bits per heavy atom. The normalized spacial score (nSPS) is 12.0. The van der Waals surface area contributed by atoms with Gasteiger partial charge < -0.3 is 18.0 Å². The second-order valence-corrected chi connectivity index (χ2v) is 7.38. The lowest BCUT2D eigenvalue weighted by Gasteiger charge is -2.24. The van der Waals surface area contributed by atoms with Crippen molar-refractivity contribution in [2.75, 3.05) is 27.9 Å². The van der Waals surface area contributed by atoms with Gasteiger partial charge in [-0.05, 0) is 19.4 Å². The van der Waals surface area contributed by atoms with Gasteiger partial charge in [-0.15, -0.1) is 0 Å². The molecule has 0 saturated carbocycles. The van der Waals surface area contributed by atoms with Crippen LogP contribution in [0, 0.1) is 0 Å². The molecule has 0 N–H and O–H groups in total. The number of allylic oxidation sites excluding steroid dienone is 1. The lowest BCUT2D eigenvalue weighted by Crippen LogP contribution is -2.42. The molecule has 0 saturated heterocycles.